The number of hydrogen-bond donors (Lipinski definition) is 3. The number of amides is 1. The van der Waals surface area contributed by atoms with Crippen molar-refractivity contribution in [1.29, 1.82) is 0 Å². The molecule has 0 saturated heterocycles. The molecular formula is C11H20N4O2. The van der Waals surface area contributed by atoms with Gasteiger partial charge in [-0.15, -0.1) is 0 Å². The third-order valence-corrected chi connectivity index (χ3v) is 2.57. The monoisotopic (exact) mass is 240 g/mol. The molecule has 0 unspecified atom stereocenters. The molecule has 0 aliphatic carbocycles. The van der Waals surface area contributed by atoms with Gasteiger partial charge in [-0.2, -0.15) is 5.10 Å². The largest absolute Gasteiger partial charge is 0.394 e. The molecule has 0 aromatic carbocycles. The van der Waals surface area contributed by atoms with Gasteiger partial charge in [0.2, 0.25) is 0 Å². The number of aliphatic hydroxyl groups excluding tert-OH is 1. The molecule has 17 heavy (non-hydrogen) atoms. The van der Waals surface area contributed by atoms with Crippen molar-refractivity contribution in [3.63, 3.8) is 0 Å². The Hall–Kier alpha value is -1.40. The van der Waals surface area contributed by atoms with Crippen LogP contribution in [0.4, 0.5) is 0 Å². The summed E-state index contributed by atoms with van der Waals surface area (Å²) in [5, 5.41) is 15.7. The van der Waals surface area contributed by atoms with Crippen LogP contribution in [0, 0.1) is 6.92 Å². The zero-order valence-corrected chi connectivity index (χ0v) is 10.3. The number of nitrogens with zero attached hydrogens (tertiary/aromatic N) is 2. The second-order valence-corrected chi connectivity index (χ2v) is 4.07. The van der Waals surface area contributed by atoms with Crippen molar-refractivity contribution >= 4 is 5.91 Å². The van der Waals surface area contributed by atoms with Crippen LogP contribution in [0.25, 0.3) is 0 Å². The lowest BCUT2D eigenvalue weighted by molar-refractivity contribution is 0.0921. The van der Waals surface area contributed by atoms with Gasteiger partial charge < -0.3 is 16.2 Å². The van der Waals surface area contributed by atoms with E-state index in [2.05, 4.69) is 10.4 Å². The lowest BCUT2D eigenvalue weighted by Crippen LogP contribution is -2.35. The van der Waals surface area contributed by atoms with Crippen molar-refractivity contribution in [3.8, 4) is 0 Å². The van der Waals surface area contributed by atoms with Crippen molar-refractivity contribution in [1.82, 2.24) is 15.1 Å². The summed E-state index contributed by atoms with van der Waals surface area (Å²) in [4.78, 5) is 11.8. The molecule has 1 aromatic heterocycles. The third kappa shape index (κ3) is 3.54. The fourth-order valence-electron chi connectivity index (χ4n) is 1.48. The van der Waals surface area contributed by atoms with Crippen LogP contribution < -0.4 is 11.1 Å². The van der Waals surface area contributed by atoms with Crippen LogP contribution >= 0.6 is 0 Å². The van der Waals surface area contributed by atoms with Gasteiger partial charge in [-0.3, -0.25) is 9.48 Å². The average molecular weight is 240 g/mol. The predicted molar refractivity (Wildman–Crippen MR) is 64.6 cm³/mol. The van der Waals surface area contributed by atoms with E-state index in [9.17, 15) is 4.79 Å². The second kappa shape index (κ2) is 6.36. The third-order valence-electron chi connectivity index (χ3n) is 2.57. The molecule has 1 aromatic rings. The summed E-state index contributed by atoms with van der Waals surface area (Å²) in [6.45, 7) is 4.83. The van der Waals surface area contributed by atoms with Gasteiger partial charge in [0.15, 0.2) is 0 Å². The van der Waals surface area contributed by atoms with Gasteiger partial charge in [0.05, 0.1) is 18.4 Å². The highest BCUT2D eigenvalue weighted by Gasteiger charge is 2.15. The van der Waals surface area contributed by atoms with Crippen molar-refractivity contribution in [2.24, 2.45) is 5.73 Å². The van der Waals surface area contributed by atoms with Gasteiger partial charge in [-0.1, -0.05) is 0 Å². The van der Waals surface area contributed by atoms with Gasteiger partial charge in [-0.05, 0) is 26.8 Å². The number of nitrogens with two attached hydrogens (primary N) is 1. The molecule has 0 spiro atoms. The minimum atomic E-state index is -0.255. The number of hydrogen-bond acceptors (Lipinski definition) is 4. The summed E-state index contributed by atoms with van der Waals surface area (Å²) >= 11 is 0. The summed E-state index contributed by atoms with van der Waals surface area (Å²) in [5.41, 5.74) is 6.79. The molecule has 96 valence electrons. The summed E-state index contributed by atoms with van der Waals surface area (Å²) in [6.07, 6.45) is 2.38. The molecule has 4 N–H and O–H groups in total. The topological polar surface area (TPSA) is 93.2 Å². The van der Waals surface area contributed by atoms with E-state index in [-0.39, 0.29) is 18.6 Å². The van der Waals surface area contributed by atoms with E-state index in [1.807, 2.05) is 6.92 Å². The van der Waals surface area contributed by atoms with Crippen molar-refractivity contribution in [2.45, 2.75) is 32.9 Å². The Labute approximate surface area is 101 Å². The fourth-order valence-corrected chi connectivity index (χ4v) is 1.48. The van der Waals surface area contributed by atoms with Crippen LogP contribution in [-0.2, 0) is 6.54 Å². The second-order valence-electron chi connectivity index (χ2n) is 4.07. The minimum absolute atomic E-state index is 0.0773. The Morgan fingerprint density at radius 3 is 3.00 bits per heavy atom. The summed E-state index contributed by atoms with van der Waals surface area (Å²) in [5.74, 6) is -0.206. The van der Waals surface area contributed by atoms with Crippen molar-refractivity contribution in [2.75, 3.05) is 13.2 Å². The molecular weight excluding hydrogens is 220 g/mol. The quantitative estimate of drug-likeness (QED) is 0.633. The number of aliphatic hydroxyl groups is 1. The molecule has 1 atom stereocenters. The number of aryl methyl sites for hydroxylation is 1. The van der Waals surface area contributed by atoms with Crippen LogP contribution in [0.5, 0.6) is 0 Å². The lowest BCUT2D eigenvalue weighted by atomic mass is 10.2. The maximum Gasteiger partial charge on any atom is 0.255 e. The maximum atomic E-state index is 11.8. The van der Waals surface area contributed by atoms with Crippen LogP contribution in [0.2, 0.25) is 0 Å². The highest BCUT2D eigenvalue weighted by atomic mass is 16.3. The Kier molecular flexibility index (Phi) is 5.11. The molecule has 0 bridgehead atoms. The Balaban J connectivity index is 2.71. The van der Waals surface area contributed by atoms with Gasteiger partial charge in [0, 0.05) is 18.3 Å². The normalized spacial score (nSPS) is 12.5. The van der Waals surface area contributed by atoms with E-state index in [0.29, 0.717) is 18.7 Å². The molecule has 1 amide bonds. The maximum absolute atomic E-state index is 11.8. The highest BCUT2D eigenvalue weighted by molar-refractivity contribution is 5.95. The Morgan fingerprint density at radius 1 is 1.71 bits per heavy atom. The summed E-state index contributed by atoms with van der Waals surface area (Å²) < 4.78 is 1.77. The van der Waals surface area contributed by atoms with E-state index < -0.39 is 0 Å². The number of carbonyl (C=O) groups is 1. The van der Waals surface area contributed by atoms with Gasteiger partial charge >= 0.3 is 0 Å². The van der Waals surface area contributed by atoms with Gasteiger partial charge in [0.1, 0.15) is 0 Å². The van der Waals surface area contributed by atoms with E-state index >= 15 is 0 Å². The molecule has 6 heteroatoms. The first-order chi connectivity index (χ1) is 8.10. The number of carbonyl (C=O) groups excluding carboxylic acids is 1. The number of rotatable bonds is 6. The highest BCUT2D eigenvalue weighted by Crippen LogP contribution is 2.07. The molecule has 1 heterocycles. The Bertz CT molecular complexity index is 376. The van der Waals surface area contributed by atoms with Gasteiger partial charge in [-0.25, -0.2) is 0 Å². The lowest BCUT2D eigenvalue weighted by Gasteiger charge is -2.10. The molecule has 0 saturated carbocycles. The first kappa shape index (κ1) is 13.7. The van der Waals surface area contributed by atoms with Crippen molar-refractivity contribution < 1.29 is 9.90 Å². The zero-order chi connectivity index (χ0) is 12.8. The van der Waals surface area contributed by atoms with Crippen LogP contribution in [-0.4, -0.2) is 40.0 Å². The predicted octanol–water partition coefficient (Wildman–Crippen LogP) is -0.349. The Morgan fingerprint density at radius 2 is 2.41 bits per heavy atom. The van der Waals surface area contributed by atoms with E-state index in [1.165, 1.54) is 0 Å². The van der Waals surface area contributed by atoms with Crippen molar-refractivity contribution in [3.05, 3.63) is 17.5 Å². The number of aromatic nitrogens is 2. The molecule has 0 fully saturated rings. The fraction of sp³-hybridized carbons (Fsp3) is 0.636. The summed E-state index contributed by atoms with van der Waals surface area (Å²) in [6, 6.07) is -0.255. The molecule has 0 aliphatic heterocycles. The standard InChI is InChI=1S/C11H20N4O2/c1-8(7-16)14-11(17)10-6-13-15(9(10)2)5-3-4-12/h6,8,16H,3-5,7,12H2,1-2H3,(H,14,17)/t8-/m1/s1. The summed E-state index contributed by atoms with van der Waals surface area (Å²) in [7, 11) is 0. The van der Waals surface area contributed by atoms with Crippen LogP contribution in [0.3, 0.4) is 0 Å². The van der Waals surface area contributed by atoms with E-state index in [0.717, 1.165) is 12.1 Å². The zero-order valence-electron chi connectivity index (χ0n) is 10.3. The molecule has 6 nitrogen and oxygen atoms in total. The van der Waals surface area contributed by atoms with Crippen LogP contribution in [0.15, 0.2) is 6.20 Å². The molecule has 0 aliphatic rings. The first-order valence-corrected chi connectivity index (χ1v) is 5.74. The van der Waals surface area contributed by atoms with Gasteiger partial charge in [0.25, 0.3) is 5.91 Å². The van der Waals surface area contributed by atoms with E-state index in [1.54, 1.807) is 17.8 Å². The molecule has 1 rings (SSSR count). The minimum Gasteiger partial charge on any atom is -0.394 e. The number of nitrogens with one attached hydrogen (secondary N) is 1. The average Bonchev–Trinajstić information content (AvgIpc) is 2.67. The smallest absolute Gasteiger partial charge is 0.255 e. The van der Waals surface area contributed by atoms with E-state index in [4.69, 9.17) is 10.8 Å². The molecule has 0 radical (unpaired) electrons. The van der Waals surface area contributed by atoms with Crippen LogP contribution in [0.1, 0.15) is 29.4 Å². The first-order valence-electron chi connectivity index (χ1n) is 5.74. The SMILES string of the molecule is Cc1c(C(=O)N[C@H](C)CO)cnn1CCCN.